The zero-order valence-corrected chi connectivity index (χ0v) is 12.6. The Balaban J connectivity index is 2.33. The van der Waals surface area contributed by atoms with Gasteiger partial charge in [-0.3, -0.25) is 4.79 Å². The number of anilines is 1. The largest absolute Gasteiger partial charge is 0.478 e. The SMILES string of the molecule is O=C(O)c1ccc(Cl)c(NC(=O)c2cccc(Cl)c2Cl)c1. The highest BCUT2D eigenvalue weighted by atomic mass is 35.5. The Kier molecular flexibility index (Phi) is 4.73. The summed E-state index contributed by atoms with van der Waals surface area (Å²) >= 11 is 17.7. The summed E-state index contributed by atoms with van der Waals surface area (Å²) in [4.78, 5) is 23.1. The Hall–Kier alpha value is -1.75. The lowest BCUT2D eigenvalue weighted by Gasteiger charge is -2.10. The summed E-state index contributed by atoms with van der Waals surface area (Å²) in [7, 11) is 0. The van der Waals surface area contributed by atoms with Gasteiger partial charge >= 0.3 is 5.97 Å². The molecular weight excluding hydrogens is 337 g/mol. The van der Waals surface area contributed by atoms with Crippen molar-refractivity contribution in [3.63, 3.8) is 0 Å². The molecule has 4 nitrogen and oxygen atoms in total. The van der Waals surface area contributed by atoms with Gasteiger partial charge < -0.3 is 10.4 Å². The van der Waals surface area contributed by atoms with Crippen molar-refractivity contribution in [3.8, 4) is 0 Å². The van der Waals surface area contributed by atoms with E-state index in [-0.39, 0.29) is 31.9 Å². The maximum atomic E-state index is 12.2. The molecule has 0 saturated heterocycles. The number of carboxylic acids is 1. The third-order valence-corrected chi connectivity index (χ3v) is 3.81. The average molecular weight is 345 g/mol. The van der Waals surface area contributed by atoms with Crippen molar-refractivity contribution in [2.24, 2.45) is 0 Å². The molecule has 2 N–H and O–H groups in total. The minimum Gasteiger partial charge on any atom is -0.478 e. The number of carbonyl (C=O) groups excluding carboxylic acids is 1. The summed E-state index contributed by atoms with van der Waals surface area (Å²) in [5, 5.41) is 12.0. The Morgan fingerprint density at radius 3 is 2.38 bits per heavy atom. The van der Waals surface area contributed by atoms with E-state index in [1.165, 1.54) is 24.3 Å². The third-order valence-electron chi connectivity index (χ3n) is 2.66. The molecule has 2 aromatic carbocycles. The van der Waals surface area contributed by atoms with E-state index in [9.17, 15) is 9.59 Å². The van der Waals surface area contributed by atoms with E-state index >= 15 is 0 Å². The fourth-order valence-electron chi connectivity index (χ4n) is 1.62. The van der Waals surface area contributed by atoms with Gasteiger partial charge in [-0.1, -0.05) is 40.9 Å². The van der Waals surface area contributed by atoms with E-state index in [4.69, 9.17) is 39.9 Å². The Morgan fingerprint density at radius 2 is 1.71 bits per heavy atom. The minimum absolute atomic E-state index is 0.00638. The standard InChI is InChI=1S/C14H8Cl3NO3/c15-9-5-4-7(14(20)21)6-11(9)18-13(19)8-2-1-3-10(16)12(8)17/h1-6H,(H,18,19)(H,20,21). The van der Waals surface area contributed by atoms with E-state index in [1.54, 1.807) is 12.1 Å². The molecule has 2 aromatic rings. The lowest BCUT2D eigenvalue weighted by atomic mass is 10.1. The van der Waals surface area contributed by atoms with Gasteiger partial charge in [0.15, 0.2) is 0 Å². The molecule has 7 heteroatoms. The molecule has 108 valence electrons. The van der Waals surface area contributed by atoms with Crippen LogP contribution in [-0.4, -0.2) is 17.0 Å². The van der Waals surface area contributed by atoms with Crippen LogP contribution in [0.5, 0.6) is 0 Å². The minimum atomic E-state index is -1.12. The van der Waals surface area contributed by atoms with Crippen molar-refractivity contribution in [1.29, 1.82) is 0 Å². The molecule has 0 heterocycles. The second-order valence-electron chi connectivity index (χ2n) is 4.06. The van der Waals surface area contributed by atoms with Gasteiger partial charge in [0, 0.05) is 0 Å². The molecule has 0 radical (unpaired) electrons. The highest BCUT2D eigenvalue weighted by Crippen LogP contribution is 2.28. The number of benzene rings is 2. The van der Waals surface area contributed by atoms with Gasteiger partial charge in [0.25, 0.3) is 5.91 Å². The van der Waals surface area contributed by atoms with Crippen LogP contribution in [0.1, 0.15) is 20.7 Å². The first-order valence-electron chi connectivity index (χ1n) is 5.68. The van der Waals surface area contributed by atoms with Crippen molar-refractivity contribution in [1.82, 2.24) is 0 Å². The number of hydrogen-bond donors (Lipinski definition) is 2. The van der Waals surface area contributed by atoms with Gasteiger partial charge in [0.2, 0.25) is 0 Å². The number of hydrogen-bond acceptors (Lipinski definition) is 2. The lowest BCUT2D eigenvalue weighted by molar-refractivity contribution is 0.0696. The van der Waals surface area contributed by atoms with Gasteiger partial charge in [-0.05, 0) is 30.3 Å². The molecule has 0 aliphatic rings. The van der Waals surface area contributed by atoms with Crippen molar-refractivity contribution >= 4 is 52.4 Å². The van der Waals surface area contributed by atoms with Crippen LogP contribution in [0.3, 0.4) is 0 Å². The number of aromatic carboxylic acids is 1. The van der Waals surface area contributed by atoms with E-state index in [1.807, 2.05) is 0 Å². The van der Waals surface area contributed by atoms with E-state index in [0.29, 0.717) is 0 Å². The predicted octanol–water partition coefficient (Wildman–Crippen LogP) is 4.60. The molecule has 2 rings (SSSR count). The van der Waals surface area contributed by atoms with Crippen molar-refractivity contribution in [3.05, 3.63) is 62.6 Å². The quantitative estimate of drug-likeness (QED) is 0.855. The normalized spacial score (nSPS) is 10.2. The summed E-state index contributed by atoms with van der Waals surface area (Å²) in [6.07, 6.45) is 0. The maximum absolute atomic E-state index is 12.2. The number of carbonyl (C=O) groups is 2. The highest BCUT2D eigenvalue weighted by molar-refractivity contribution is 6.44. The first-order chi connectivity index (χ1) is 9.90. The maximum Gasteiger partial charge on any atom is 0.335 e. The Morgan fingerprint density at radius 1 is 1.00 bits per heavy atom. The Bertz CT molecular complexity index is 731. The van der Waals surface area contributed by atoms with Crippen molar-refractivity contribution in [2.75, 3.05) is 5.32 Å². The lowest BCUT2D eigenvalue weighted by Crippen LogP contribution is -2.13. The van der Waals surface area contributed by atoms with Crippen LogP contribution >= 0.6 is 34.8 Å². The highest BCUT2D eigenvalue weighted by Gasteiger charge is 2.15. The van der Waals surface area contributed by atoms with Crippen molar-refractivity contribution < 1.29 is 14.7 Å². The van der Waals surface area contributed by atoms with Crippen LogP contribution in [0, 0.1) is 0 Å². The molecule has 0 aliphatic carbocycles. The number of halogens is 3. The molecule has 0 atom stereocenters. The second kappa shape index (κ2) is 6.35. The summed E-state index contributed by atoms with van der Waals surface area (Å²) in [6, 6.07) is 8.63. The fraction of sp³-hybridized carbons (Fsp3) is 0. The third kappa shape index (κ3) is 3.47. The number of nitrogens with one attached hydrogen (secondary N) is 1. The number of carboxylic acid groups (broad SMARTS) is 1. The molecule has 0 aromatic heterocycles. The molecule has 0 spiro atoms. The van der Waals surface area contributed by atoms with Gasteiger partial charge in [0.05, 0.1) is 31.9 Å². The molecule has 1 amide bonds. The fourth-order valence-corrected chi connectivity index (χ4v) is 2.17. The molecule has 21 heavy (non-hydrogen) atoms. The van der Waals surface area contributed by atoms with Crippen LogP contribution in [0.15, 0.2) is 36.4 Å². The van der Waals surface area contributed by atoms with Gasteiger partial charge in [-0.25, -0.2) is 4.79 Å². The zero-order valence-electron chi connectivity index (χ0n) is 10.4. The average Bonchev–Trinajstić information content (AvgIpc) is 2.43. The first kappa shape index (κ1) is 15.6. The van der Waals surface area contributed by atoms with Crippen LogP contribution in [0.4, 0.5) is 5.69 Å². The van der Waals surface area contributed by atoms with E-state index in [2.05, 4.69) is 5.32 Å². The van der Waals surface area contributed by atoms with Gasteiger partial charge in [-0.2, -0.15) is 0 Å². The van der Waals surface area contributed by atoms with Gasteiger partial charge in [-0.15, -0.1) is 0 Å². The zero-order chi connectivity index (χ0) is 15.6. The molecule has 0 saturated carbocycles. The molecule has 0 aliphatic heterocycles. The Labute approximate surface area is 135 Å². The monoisotopic (exact) mass is 343 g/mol. The predicted molar refractivity (Wildman–Crippen MR) is 82.8 cm³/mol. The van der Waals surface area contributed by atoms with Gasteiger partial charge in [0.1, 0.15) is 0 Å². The van der Waals surface area contributed by atoms with Crippen LogP contribution in [0.2, 0.25) is 15.1 Å². The summed E-state index contributed by atoms with van der Waals surface area (Å²) < 4.78 is 0. The summed E-state index contributed by atoms with van der Waals surface area (Å²) in [5.74, 6) is -1.66. The van der Waals surface area contributed by atoms with E-state index < -0.39 is 11.9 Å². The van der Waals surface area contributed by atoms with Crippen LogP contribution < -0.4 is 5.32 Å². The topological polar surface area (TPSA) is 66.4 Å². The number of rotatable bonds is 3. The smallest absolute Gasteiger partial charge is 0.335 e. The summed E-state index contributed by atoms with van der Waals surface area (Å²) in [6.45, 7) is 0. The molecule has 0 unspecified atom stereocenters. The second-order valence-corrected chi connectivity index (χ2v) is 5.25. The molecule has 0 bridgehead atoms. The van der Waals surface area contributed by atoms with Crippen molar-refractivity contribution in [2.45, 2.75) is 0 Å². The van der Waals surface area contributed by atoms with Crippen LogP contribution in [0.25, 0.3) is 0 Å². The van der Waals surface area contributed by atoms with E-state index in [0.717, 1.165) is 0 Å². The summed E-state index contributed by atoms with van der Waals surface area (Å²) in [5.41, 5.74) is 0.352. The first-order valence-corrected chi connectivity index (χ1v) is 6.81. The molecule has 0 fully saturated rings. The number of amides is 1. The molecular formula is C14H8Cl3NO3. The van der Waals surface area contributed by atoms with Crippen LogP contribution in [-0.2, 0) is 0 Å².